The van der Waals surface area contributed by atoms with Crippen LogP contribution < -0.4 is 0 Å². The van der Waals surface area contributed by atoms with Crippen LogP contribution in [0, 0.1) is 126 Å². The Morgan fingerprint density at radius 2 is 0.557 bits per heavy atom. The average molecular weight is 1880 g/mol. The summed E-state index contributed by atoms with van der Waals surface area (Å²) in [6.45, 7) is 38.0. The van der Waals surface area contributed by atoms with Crippen LogP contribution in [0.25, 0.3) is 54.2 Å². The van der Waals surface area contributed by atoms with Gasteiger partial charge >= 0.3 is 0 Å². The molecule has 4 aliphatic heterocycles. The molecule has 140 heavy (non-hydrogen) atoms. The number of nitrogens with zero attached hydrogens (tertiary/aromatic N) is 4. The maximum Gasteiger partial charge on any atom is 0.0594 e. The van der Waals surface area contributed by atoms with Crippen molar-refractivity contribution in [3.05, 3.63) is 228 Å². The lowest BCUT2D eigenvalue weighted by molar-refractivity contribution is -0.121. The van der Waals surface area contributed by atoms with Gasteiger partial charge in [-0.1, -0.05) is 249 Å². The van der Waals surface area contributed by atoms with Gasteiger partial charge in [0, 0.05) is 76.5 Å². The van der Waals surface area contributed by atoms with Gasteiger partial charge in [0.25, 0.3) is 0 Å². The van der Waals surface area contributed by atoms with Crippen molar-refractivity contribution in [1.29, 1.82) is 0 Å². The molecule has 20 aliphatic rings. The summed E-state index contributed by atoms with van der Waals surface area (Å²) < 4.78 is 22.6. The standard InChI is InChI=1S/C33H45NO.2C33H43NO.C33H41NO/c4*1-32-15-13-27(34-17-19-35-20-18-34)22-26(32)9-10-28-30-12-11-29(33(30,2)16-14-31(28)32)25-8-7-23-5-3-4-6-24(23)21-25/h3-8,21,26-31H,9-20,22H2,1-2H3;3-8,11,21,26-28,30-31H,9-10,12-20,22H2,1-2H3;3-9,21,27-31H,10-20,22H2,1-2H3;3-9,11,21,27-28,30-31H,10,12-20,22H2,1-2H3/t26-,27+,28-,29+,30-,31-,32-,33+;26-,27+,28-,30-,31-,32-,33+;27-,28+,29-,30+,31+,32+,33-;27-,28+,30+,31+,32+,33-/m0011/s1. The molecule has 16 fully saturated rings. The fourth-order valence-corrected chi connectivity index (χ4v) is 39.5. The fourth-order valence-electron chi connectivity index (χ4n) is 39.5. The highest BCUT2D eigenvalue weighted by molar-refractivity contribution is 5.89. The van der Waals surface area contributed by atoms with Crippen molar-refractivity contribution >= 4 is 54.2 Å². The van der Waals surface area contributed by atoms with Crippen LogP contribution >= 0.6 is 0 Å². The van der Waals surface area contributed by atoms with Gasteiger partial charge in [-0.3, -0.25) is 19.6 Å². The molecule has 8 aromatic rings. The molecule has 0 bridgehead atoms. The molecule has 12 saturated carbocycles. The first kappa shape index (κ1) is 94.4. The van der Waals surface area contributed by atoms with E-state index in [2.05, 4.69) is 269 Å². The lowest BCUT2D eigenvalue weighted by Gasteiger charge is -2.61. The van der Waals surface area contributed by atoms with Crippen LogP contribution in [0.5, 0.6) is 0 Å². The van der Waals surface area contributed by atoms with Gasteiger partial charge in [-0.05, 0) is 432 Å². The number of rotatable bonds is 8. The van der Waals surface area contributed by atoms with Crippen LogP contribution in [0.3, 0.4) is 0 Å². The molecule has 8 heteroatoms. The Hall–Kier alpha value is -6.56. The summed E-state index contributed by atoms with van der Waals surface area (Å²) in [6.07, 6.45) is 55.9. The van der Waals surface area contributed by atoms with E-state index in [1.807, 2.05) is 11.1 Å². The van der Waals surface area contributed by atoms with Crippen molar-refractivity contribution in [2.75, 3.05) is 105 Å². The minimum absolute atomic E-state index is 0.330. The molecule has 0 N–H and O–H groups in total. The van der Waals surface area contributed by atoms with E-state index in [0.717, 1.165) is 224 Å². The second-order valence-electron chi connectivity index (χ2n) is 52.4. The van der Waals surface area contributed by atoms with E-state index in [0.29, 0.717) is 43.3 Å². The molecule has 4 saturated heterocycles. The maximum atomic E-state index is 5.66. The first-order valence-corrected chi connectivity index (χ1v) is 58.3. The number of ether oxygens (including phenoxy) is 4. The first-order valence-electron chi connectivity index (χ1n) is 58.3. The highest BCUT2D eigenvalue weighted by atomic mass is 16.5. The molecule has 28 atom stereocenters. The van der Waals surface area contributed by atoms with E-state index in [-0.39, 0.29) is 0 Å². The molecule has 8 nitrogen and oxygen atoms in total. The Labute approximate surface area is 843 Å². The molecule has 16 aliphatic carbocycles. The van der Waals surface area contributed by atoms with E-state index in [1.165, 1.54) is 260 Å². The molecule has 744 valence electrons. The van der Waals surface area contributed by atoms with Gasteiger partial charge in [0.1, 0.15) is 0 Å². The number of allylic oxidation sites excluding steroid dienone is 6. The predicted octanol–water partition coefficient (Wildman–Crippen LogP) is 30.3. The quantitative estimate of drug-likeness (QED) is 0.140. The molecule has 8 aromatic carbocycles. The maximum absolute atomic E-state index is 5.66. The molecule has 0 unspecified atom stereocenters. The summed E-state index contributed by atoms with van der Waals surface area (Å²) in [7, 11) is 0. The Morgan fingerprint density at radius 1 is 0.243 bits per heavy atom. The zero-order valence-electron chi connectivity index (χ0n) is 87.4. The number of hydrogen-bond acceptors (Lipinski definition) is 8. The van der Waals surface area contributed by atoms with Crippen LogP contribution in [-0.2, 0) is 18.9 Å². The SMILES string of the molecule is C[C@]12CC[C@@H](N3CCOCC3)CC1=CC[C@@H]1[C@@H]2CC[C@]2(C)C(c3ccc4ccccc4c3)=CC[C@@H]12.C[C@]12CC[C@@H](N3CCOCC3)C[C@@H]1CC[C@@H]1[C@@H]2CC[C@]2(C)C(c3ccc4ccccc4c3)=CC[C@@H]12.C[C@]12CC[C@@H](N3CCOCC3)C[C@@H]1CC[C@@H]1[C@@H]2CC[C@]2(C)[C@@H](c3ccc4ccccc4c3)CC[C@@H]12.C[C@]12CC[C@H]3[C@@H](CC=C4C[C@H](N5CCOCC5)CC[C@@]43C)[C@@H]1CC[C@@H]2c1ccc2ccccc2c1. The van der Waals surface area contributed by atoms with Gasteiger partial charge in [0.15, 0.2) is 0 Å². The monoisotopic (exact) mass is 1880 g/mol. The third kappa shape index (κ3) is 16.4. The largest absolute Gasteiger partial charge is 0.379 e. The van der Waals surface area contributed by atoms with Crippen LogP contribution in [0.1, 0.15) is 295 Å². The van der Waals surface area contributed by atoms with Gasteiger partial charge in [0.2, 0.25) is 0 Å². The van der Waals surface area contributed by atoms with Gasteiger partial charge in [0.05, 0.1) is 52.9 Å². The molecule has 0 amide bonds. The number of hydrogen-bond donors (Lipinski definition) is 0. The summed E-state index contributed by atoms with van der Waals surface area (Å²) in [5.74, 6) is 14.2. The van der Waals surface area contributed by atoms with E-state index in [9.17, 15) is 0 Å². The van der Waals surface area contributed by atoms with Gasteiger partial charge < -0.3 is 18.9 Å². The van der Waals surface area contributed by atoms with Crippen molar-refractivity contribution in [2.45, 2.75) is 297 Å². The third-order valence-corrected chi connectivity index (χ3v) is 47.3. The van der Waals surface area contributed by atoms with Crippen LogP contribution in [0.15, 0.2) is 205 Å². The summed E-state index contributed by atoms with van der Waals surface area (Å²) >= 11 is 0. The second kappa shape index (κ2) is 38.0. The molecule has 0 spiro atoms. The lowest BCUT2D eigenvalue weighted by Crippen LogP contribution is -2.56. The summed E-state index contributed by atoms with van der Waals surface area (Å²) in [6, 6.07) is 67.8. The van der Waals surface area contributed by atoms with E-state index in [1.54, 1.807) is 22.3 Å². The lowest BCUT2D eigenvalue weighted by atomic mass is 9.44. The van der Waals surface area contributed by atoms with Gasteiger partial charge in [-0.2, -0.15) is 0 Å². The van der Waals surface area contributed by atoms with Gasteiger partial charge in [-0.15, -0.1) is 0 Å². The third-order valence-electron chi connectivity index (χ3n) is 47.3. The highest BCUT2D eigenvalue weighted by Crippen LogP contribution is 2.74. The van der Waals surface area contributed by atoms with Crippen molar-refractivity contribution in [3.8, 4) is 0 Å². The zero-order valence-corrected chi connectivity index (χ0v) is 87.4. The van der Waals surface area contributed by atoms with Crippen LogP contribution in [0.2, 0.25) is 0 Å². The molecule has 4 heterocycles. The smallest absolute Gasteiger partial charge is 0.0594 e. The van der Waals surface area contributed by atoms with E-state index >= 15 is 0 Å². The minimum atomic E-state index is 0.330. The Bertz CT molecular complexity index is 5830. The first-order chi connectivity index (χ1) is 68.2. The summed E-state index contributed by atoms with van der Waals surface area (Å²) in [4.78, 5) is 11.0. The normalized spacial score (nSPS) is 41.7. The van der Waals surface area contributed by atoms with Crippen molar-refractivity contribution in [3.63, 3.8) is 0 Å². The van der Waals surface area contributed by atoms with E-state index in [4.69, 9.17) is 18.9 Å². The summed E-state index contributed by atoms with van der Waals surface area (Å²) in [5, 5.41) is 11.1. The number of benzene rings is 8. The Kier molecular flexibility index (Phi) is 25.6. The summed E-state index contributed by atoms with van der Waals surface area (Å²) in [5.41, 5.74) is 16.8. The van der Waals surface area contributed by atoms with E-state index < -0.39 is 0 Å². The molecular formula is C132H172N4O4. The van der Waals surface area contributed by atoms with Crippen molar-refractivity contribution in [1.82, 2.24) is 19.6 Å². The molecule has 0 aromatic heterocycles. The topological polar surface area (TPSA) is 49.9 Å². The highest BCUT2D eigenvalue weighted by Gasteiger charge is 2.65. The Morgan fingerprint density at radius 3 is 0.979 bits per heavy atom. The molecule has 28 rings (SSSR count). The molecule has 0 radical (unpaired) electrons. The molecular weight excluding hydrogens is 1710 g/mol. The van der Waals surface area contributed by atoms with Crippen molar-refractivity contribution in [2.24, 2.45) is 126 Å². The van der Waals surface area contributed by atoms with Crippen molar-refractivity contribution < 1.29 is 18.9 Å². The second-order valence-corrected chi connectivity index (χ2v) is 52.4. The average Bonchev–Trinajstić information content (AvgIpc) is 1.47. The van der Waals surface area contributed by atoms with Gasteiger partial charge in [-0.25, -0.2) is 0 Å². The van der Waals surface area contributed by atoms with Crippen LogP contribution in [-0.4, -0.2) is 149 Å². The minimum Gasteiger partial charge on any atom is -0.379 e. The number of morpholine rings is 4. The fraction of sp³-hybridized carbons (Fsp3) is 0.636. The number of fused-ring (bicyclic) bond motifs is 24. The Balaban J connectivity index is 0.0000000985. The zero-order chi connectivity index (χ0) is 94.5. The predicted molar refractivity (Wildman–Crippen MR) is 580 cm³/mol. The van der Waals surface area contributed by atoms with Crippen LogP contribution in [0.4, 0.5) is 0 Å².